The number of rotatable bonds is 6. The summed E-state index contributed by atoms with van der Waals surface area (Å²) >= 11 is 1.72. The molecule has 2 aliphatic heterocycles. The second kappa shape index (κ2) is 8.31. The predicted octanol–water partition coefficient (Wildman–Crippen LogP) is 4.74. The molecule has 1 atom stereocenters. The maximum atomic E-state index is 6.07. The van der Waals surface area contributed by atoms with Gasteiger partial charge in [0.2, 0.25) is 0 Å². The summed E-state index contributed by atoms with van der Waals surface area (Å²) in [5.74, 6) is 0. The standard InChI is InChI=1S/C25H29N5OS/c1-4-5-16-10-15(6-7-19(16)26)8-9-27-23-22-21(28-14-29-23)18-11-17-13-31-25(2,3)12-20(17)30-24(18)32-22/h4,6-7,10-11,14,23,27H,1,5,8-9,12-13,26H2,2-3H3,(H,28,29). The SMILES string of the molecule is C=CCc1cc(CCNC2N=CNc3c2sc2nc4c(cc32)COC(C)(C)C4)ccc1N. The molecule has 4 N–H and O–H groups in total. The first-order valence-electron chi connectivity index (χ1n) is 11.0. The Labute approximate surface area is 192 Å². The number of nitrogen functional groups attached to an aromatic ring is 1. The zero-order valence-corrected chi connectivity index (χ0v) is 19.4. The number of anilines is 2. The van der Waals surface area contributed by atoms with Crippen LogP contribution in [0.1, 0.15) is 47.3 Å². The van der Waals surface area contributed by atoms with Gasteiger partial charge < -0.3 is 15.8 Å². The third-order valence-electron chi connectivity index (χ3n) is 6.09. The molecule has 0 amide bonds. The number of pyridine rings is 1. The van der Waals surface area contributed by atoms with Gasteiger partial charge in [-0.2, -0.15) is 0 Å². The van der Waals surface area contributed by atoms with Crippen LogP contribution in [0, 0.1) is 0 Å². The normalized spacial score (nSPS) is 18.8. The Morgan fingerprint density at radius 1 is 1.38 bits per heavy atom. The van der Waals surface area contributed by atoms with Crippen molar-refractivity contribution in [2.45, 2.75) is 51.5 Å². The summed E-state index contributed by atoms with van der Waals surface area (Å²) in [7, 11) is 0. The van der Waals surface area contributed by atoms with Gasteiger partial charge >= 0.3 is 0 Å². The quantitative estimate of drug-likeness (QED) is 0.375. The molecular formula is C25H29N5OS. The van der Waals surface area contributed by atoms with Gasteiger partial charge in [-0.1, -0.05) is 18.2 Å². The van der Waals surface area contributed by atoms with Gasteiger partial charge in [0.1, 0.15) is 11.0 Å². The molecule has 166 valence electrons. The lowest BCUT2D eigenvalue weighted by Gasteiger charge is -2.31. The number of nitrogens with two attached hydrogens (primary N) is 1. The van der Waals surface area contributed by atoms with Gasteiger partial charge in [-0.25, -0.2) is 4.98 Å². The molecule has 0 saturated heterocycles. The third kappa shape index (κ3) is 4.03. The number of aromatic nitrogens is 1. The molecule has 0 aliphatic carbocycles. The fraction of sp³-hybridized carbons (Fsp3) is 0.360. The second-order valence-electron chi connectivity index (χ2n) is 9.07. The highest BCUT2D eigenvalue weighted by Crippen LogP contribution is 2.42. The summed E-state index contributed by atoms with van der Waals surface area (Å²) in [6.07, 6.45) is 6.13. The summed E-state index contributed by atoms with van der Waals surface area (Å²) in [6.45, 7) is 9.50. The van der Waals surface area contributed by atoms with Crippen LogP contribution in [0.15, 0.2) is 41.9 Å². The highest BCUT2D eigenvalue weighted by Gasteiger charge is 2.29. The zero-order valence-electron chi connectivity index (χ0n) is 18.6. The first-order valence-corrected chi connectivity index (χ1v) is 11.8. The maximum Gasteiger partial charge on any atom is 0.138 e. The molecule has 2 aromatic heterocycles. The highest BCUT2D eigenvalue weighted by molar-refractivity contribution is 7.19. The topological polar surface area (TPSA) is 84.6 Å². The molecule has 7 heteroatoms. The Hall–Kier alpha value is -2.74. The van der Waals surface area contributed by atoms with E-state index in [-0.39, 0.29) is 11.8 Å². The summed E-state index contributed by atoms with van der Waals surface area (Å²) in [5.41, 5.74) is 12.6. The molecule has 4 heterocycles. The number of nitrogens with zero attached hydrogens (tertiary/aromatic N) is 2. The number of allylic oxidation sites excluding steroid dienone is 1. The number of hydrogen-bond acceptors (Lipinski definition) is 7. The average Bonchev–Trinajstić information content (AvgIpc) is 3.12. The van der Waals surface area contributed by atoms with Crippen molar-refractivity contribution >= 4 is 39.3 Å². The van der Waals surface area contributed by atoms with E-state index in [1.807, 2.05) is 12.1 Å². The van der Waals surface area contributed by atoms with E-state index in [1.54, 1.807) is 17.7 Å². The van der Waals surface area contributed by atoms with Gasteiger partial charge in [-0.3, -0.25) is 10.3 Å². The van der Waals surface area contributed by atoms with E-state index in [2.05, 4.69) is 54.3 Å². The van der Waals surface area contributed by atoms with Crippen molar-refractivity contribution in [2.24, 2.45) is 4.99 Å². The van der Waals surface area contributed by atoms with Crippen LogP contribution < -0.4 is 16.4 Å². The summed E-state index contributed by atoms with van der Waals surface area (Å²) in [6, 6.07) is 8.49. The van der Waals surface area contributed by atoms with Crippen LogP contribution in [-0.4, -0.2) is 23.5 Å². The van der Waals surface area contributed by atoms with Crippen molar-refractivity contribution in [3.8, 4) is 0 Å². The van der Waals surface area contributed by atoms with E-state index in [9.17, 15) is 0 Å². The molecule has 6 nitrogen and oxygen atoms in total. The summed E-state index contributed by atoms with van der Waals surface area (Å²) < 4.78 is 6.00. The summed E-state index contributed by atoms with van der Waals surface area (Å²) in [5, 5.41) is 8.10. The second-order valence-corrected chi connectivity index (χ2v) is 10.1. The monoisotopic (exact) mass is 447 g/mol. The predicted molar refractivity (Wildman–Crippen MR) is 134 cm³/mol. The molecule has 5 rings (SSSR count). The van der Waals surface area contributed by atoms with Gasteiger partial charge in [-0.05, 0) is 49.9 Å². The Kier molecular flexibility index (Phi) is 5.49. The highest BCUT2D eigenvalue weighted by atomic mass is 32.1. The van der Waals surface area contributed by atoms with Crippen molar-refractivity contribution in [3.05, 3.63) is 64.2 Å². The number of aliphatic imine (C=N–C) groups is 1. The molecule has 1 aromatic carbocycles. The van der Waals surface area contributed by atoms with E-state index in [1.165, 1.54) is 16.0 Å². The number of nitrogens with one attached hydrogen (secondary N) is 2. The van der Waals surface area contributed by atoms with E-state index >= 15 is 0 Å². The minimum Gasteiger partial charge on any atom is -0.398 e. The Morgan fingerprint density at radius 2 is 2.25 bits per heavy atom. The zero-order chi connectivity index (χ0) is 22.3. The van der Waals surface area contributed by atoms with Crippen LogP contribution in [0.2, 0.25) is 0 Å². The number of benzene rings is 1. The number of fused-ring (bicyclic) bond motifs is 4. The minimum absolute atomic E-state index is 0.0726. The molecule has 0 saturated carbocycles. The van der Waals surface area contributed by atoms with Crippen molar-refractivity contribution in [1.29, 1.82) is 0 Å². The maximum absolute atomic E-state index is 6.07. The molecule has 0 fully saturated rings. The molecule has 3 aromatic rings. The van der Waals surface area contributed by atoms with E-state index < -0.39 is 0 Å². The van der Waals surface area contributed by atoms with E-state index in [4.69, 9.17) is 15.5 Å². The lowest BCUT2D eigenvalue weighted by Crippen LogP contribution is -2.32. The summed E-state index contributed by atoms with van der Waals surface area (Å²) in [4.78, 5) is 11.9. The van der Waals surface area contributed by atoms with Gasteiger partial charge in [0.05, 0.1) is 34.8 Å². The van der Waals surface area contributed by atoms with Crippen LogP contribution in [-0.2, 0) is 30.6 Å². The number of hydrogen-bond donors (Lipinski definition) is 3. The Bertz CT molecular complexity index is 1210. The number of ether oxygens (including phenoxy) is 1. The first-order chi connectivity index (χ1) is 15.4. The first kappa shape index (κ1) is 21.1. The fourth-order valence-electron chi connectivity index (χ4n) is 4.36. The largest absolute Gasteiger partial charge is 0.398 e. The molecule has 0 radical (unpaired) electrons. The van der Waals surface area contributed by atoms with Crippen LogP contribution >= 0.6 is 11.3 Å². The number of thiophene rings is 1. The molecular weight excluding hydrogens is 418 g/mol. The van der Waals surface area contributed by atoms with Gasteiger partial charge in [0.25, 0.3) is 0 Å². The lowest BCUT2D eigenvalue weighted by atomic mass is 9.95. The van der Waals surface area contributed by atoms with Gasteiger partial charge in [0, 0.05) is 29.6 Å². The third-order valence-corrected chi connectivity index (χ3v) is 7.25. The van der Waals surface area contributed by atoms with Crippen LogP contribution in [0.4, 0.5) is 11.4 Å². The molecule has 2 aliphatic rings. The minimum atomic E-state index is -0.163. The van der Waals surface area contributed by atoms with E-state index in [0.29, 0.717) is 6.61 Å². The van der Waals surface area contributed by atoms with Crippen molar-refractivity contribution in [3.63, 3.8) is 0 Å². The molecule has 0 spiro atoms. The van der Waals surface area contributed by atoms with Crippen LogP contribution in [0.3, 0.4) is 0 Å². The Morgan fingerprint density at radius 3 is 3.09 bits per heavy atom. The van der Waals surface area contributed by atoms with Crippen molar-refractivity contribution < 1.29 is 4.74 Å². The van der Waals surface area contributed by atoms with Crippen molar-refractivity contribution in [1.82, 2.24) is 10.3 Å². The smallest absolute Gasteiger partial charge is 0.138 e. The molecule has 1 unspecified atom stereocenters. The fourth-order valence-corrected chi connectivity index (χ4v) is 5.52. The van der Waals surface area contributed by atoms with E-state index in [0.717, 1.165) is 58.7 Å². The molecule has 32 heavy (non-hydrogen) atoms. The molecule has 0 bridgehead atoms. The van der Waals surface area contributed by atoms with Crippen LogP contribution in [0.5, 0.6) is 0 Å². The van der Waals surface area contributed by atoms with Gasteiger partial charge in [-0.15, -0.1) is 17.9 Å². The van der Waals surface area contributed by atoms with Crippen molar-refractivity contribution in [2.75, 3.05) is 17.6 Å². The Balaban J connectivity index is 1.34. The van der Waals surface area contributed by atoms with Gasteiger partial charge in [0.15, 0.2) is 0 Å². The van der Waals surface area contributed by atoms with Crippen LogP contribution in [0.25, 0.3) is 10.2 Å². The lowest BCUT2D eigenvalue weighted by molar-refractivity contribution is -0.0411. The average molecular weight is 448 g/mol.